The molecule has 3 heterocycles. The molecule has 1 saturated heterocycles. The van der Waals surface area contributed by atoms with Crippen LogP contribution in [0.1, 0.15) is 30.6 Å². The lowest BCUT2D eigenvalue weighted by Gasteiger charge is -2.18. The predicted octanol–water partition coefficient (Wildman–Crippen LogP) is 3.23. The molecule has 29 heavy (non-hydrogen) atoms. The minimum absolute atomic E-state index is 0.0615. The van der Waals surface area contributed by atoms with Gasteiger partial charge in [0.25, 0.3) is 5.91 Å². The summed E-state index contributed by atoms with van der Waals surface area (Å²) in [7, 11) is 0. The van der Waals surface area contributed by atoms with Crippen molar-refractivity contribution in [2.75, 3.05) is 39.4 Å². The Hall–Kier alpha value is -2.60. The molecular formula is C23H29N3O3. The largest absolute Gasteiger partial charge is 0.486 e. The fourth-order valence-corrected chi connectivity index (χ4v) is 4.00. The zero-order chi connectivity index (χ0) is 20.2. The Morgan fingerprint density at radius 2 is 2.03 bits per heavy atom. The minimum atomic E-state index is -0.0615. The number of likely N-dealkylation sites (tertiary alicyclic amines) is 1. The van der Waals surface area contributed by atoms with E-state index in [0.29, 0.717) is 30.6 Å². The summed E-state index contributed by atoms with van der Waals surface area (Å²) in [5, 5.41) is 3.07. The van der Waals surface area contributed by atoms with Crippen molar-refractivity contribution < 1.29 is 14.3 Å². The van der Waals surface area contributed by atoms with Crippen molar-refractivity contribution >= 4 is 5.91 Å². The van der Waals surface area contributed by atoms with Gasteiger partial charge in [-0.1, -0.05) is 13.8 Å². The van der Waals surface area contributed by atoms with E-state index in [4.69, 9.17) is 9.47 Å². The first-order chi connectivity index (χ1) is 14.1. The van der Waals surface area contributed by atoms with E-state index in [1.54, 1.807) is 6.20 Å². The van der Waals surface area contributed by atoms with Gasteiger partial charge in [-0.15, -0.1) is 0 Å². The van der Waals surface area contributed by atoms with Gasteiger partial charge >= 0.3 is 0 Å². The molecule has 2 aromatic rings. The van der Waals surface area contributed by atoms with Gasteiger partial charge in [0.05, 0.1) is 11.3 Å². The maximum Gasteiger partial charge on any atom is 0.252 e. The summed E-state index contributed by atoms with van der Waals surface area (Å²) in [6, 6.07) is 9.49. The average Bonchev–Trinajstić information content (AvgIpc) is 3.18. The second kappa shape index (κ2) is 8.82. The van der Waals surface area contributed by atoms with E-state index in [9.17, 15) is 4.79 Å². The molecule has 1 fully saturated rings. The number of ether oxygens (including phenoxy) is 2. The van der Waals surface area contributed by atoms with Gasteiger partial charge in [-0.2, -0.15) is 0 Å². The predicted molar refractivity (Wildman–Crippen MR) is 112 cm³/mol. The molecule has 4 rings (SSSR count). The number of benzene rings is 1. The second-order valence-corrected chi connectivity index (χ2v) is 8.31. The monoisotopic (exact) mass is 395 g/mol. The van der Waals surface area contributed by atoms with Crippen molar-refractivity contribution in [3.8, 4) is 22.8 Å². The Bertz CT molecular complexity index is 851. The van der Waals surface area contributed by atoms with Crippen LogP contribution in [-0.2, 0) is 0 Å². The van der Waals surface area contributed by atoms with E-state index in [1.807, 2.05) is 30.3 Å². The van der Waals surface area contributed by atoms with Crippen LogP contribution in [-0.4, -0.2) is 55.2 Å². The molecule has 0 radical (unpaired) electrons. The lowest BCUT2D eigenvalue weighted by molar-refractivity contribution is 0.0947. The normalized spacial score (nSPS) is 18.8. The van der Waals surface area contributed by atoms with Crippen molar-refractivity contribution in [1.82, 2.24) is 15.2 Å². The fourth-order valence-electron chi connectivity index (χ4n) is 4.00. The summed E-state index contributed by atoms with van der Waals surface area (Å²) >= 11 is 0. The molecule has 1 aromatic heterocycles. The molecule has 2 aliphatic heterocycles. The van der Waals surface area contributed by atoms with Crippen LogP contribution in [0.2, 0.25) is 0 Å². The van der Waals surface area contributed by atoms with Gasteiger partial charge in [0.2, 0.25) is 0 Å². The van der Waals surface area contributed by atoms with Crippen LogP contribution in [0.15, 0.2) is 36.5 Å². The SMILES string of the molecule is CC(C)CN1CC[C@@H](CNC(=O)c2ccc(-c3ccc4c(c3)OCCO4)nc2)C1. The zero-order valence-electron chi connectivity index (χ0n) is 17.2. The molecule has 0 aliphatic carbocycles. The zero-order valence-corrected chi connectivity index (χ0v) is 17.2. The molecule has 0 spiro atoms. The molecule has 1 N–H and O–H groups in total. The third-order valence-corrected chi connectivity index (χ3v) is 5.41. The van der Waals surface area contributed by atoms with Crippen molar-refractivity contribution in [3.63, 3.8) is 0 Å². The minimum Gasteiger partial charge on any atom is -0.486 e. The van der Waals surface area contributed by atoms with Gasteiger partial charge in [0.15, 0.2) is 11.5 Å². The highest BCUT2D eigenvalue weighted by Crippen LogP contribution is 2.33. The summed E-state index contributed by atoms with van der Waals surface area (Å²) in [6.45, 7) is 9.68. The summed E-state index contributed by atoms with van der Waals surface area (Å²) in [4.78, 5) is 19.5. The maximum atomic E-state index is 12.5. The first-order valence-electron chi connectivity index (χ1n) is 10.4. The highest BCUT2D eigenvalue weighted by molar-refractivity contribution is 5.94. The maximum absolute atomic E-state index is 12.5. The third-order valence-electron chi connectivity index (χ3n) is 5.41. The molecule has 2 aliphatic rings. The number of nitrogens with zero attached hydrogens (tertiary/aromatic N) is 2. The molecule has 0 unspecified atom stereocenters. The number of nitrogens with one attached hydrogen (secondary N) is 1. The van der Waals surface area contributed by atoms with Crippen LogP contribution in [0.4, 0.5) is 0 Å². The van der Waals surface area contributed by atoms with Gasteiger partial charge in [0, 0.05) is 31.4 Å². The van der Waals surface area contributed by atoms with Crippen molar-refractivity contribution in [2.45, 2.75) is 20.3 Å². The Balaban J connectivity index is 1.33. The van der Waals surface area contributed by atoms with E-state index in [2.05, 4.69) is 29.0 Å². The third kappa shape index (κ3) is 4.88. The Kier molecular flexibility index (Phi) is 6.00. The molecule has 1 amide bonds. The summed E-state index contributed by atoms with van der Waals surface area (Å²) in [5.41, 5.74) is 2.33. The smallest absolute Gasteiger partial charge is 0.252 e. The van der Waals surface area contributed by atoms with Crippen molar-refractivity contribution in [1.29, 1.82) is 0 Å². The number of aromatic nitrogens is 1. The van der Waals surface area contributed by atoms with E-state index < -0.39 is 0 Å². The van der Waals surface area contributed by atoms with Gasteiger partial charge < -0.3 is 19.7 Å². The number of hydrogen-bond acceptors (Lipinski definition) is 5. The quantitative estimate of drug-likeness (QED) is 0.814. The number of carbonyl (C=O) groups excluding carboxylic acids is 1. The van der Waals surface area contributed by atoms with Crippen LogP contribution in [0.25, 0.3) is 11.3 Å². The van der Waals surface area contributed by atoms with Crippen LogP contribution < -0.4 is 14.8 Å². The summed E-state index contributed by atoms with van der Waals surface area (Å²) in [6.07, 6.45) is 2.79. The number of fused-ring (bicyclic) bond motifs is 1. The molecule has 0 bridgehead atoms. The van der Waals surface area contributed by atoms with Gasteiger partial charge in [-0.05, 0) is 55.1 Å². The molecular weight excluding hydrogens is 366 g/mol. The molecule has 1 aromatic carbocycles. The topological polar surface area (TPSA) is 63.7 Å². The van der Waals surface area contributed by atoms with Crippen molar-refractivity contribution in [3.05, 3.63) is 42.1 Å². The number of pyridine rings is 1. The van der Waals surface area contributed by atoms with E-state index in [1.165, 1.54) is 0 Å². The first-order valence-corrected chi connectivity index (χ1v) is 10.4. The number of carbonyl (C=O) groups is 1. The highest BCUT2D eigenvalue weighted by atomic mass is 16.6. The van der Waals surface area contributed by atoms with Gasteiger partial charge in [-0.3, -0.25) is 9.78 Å². The molecule has 6 nitrogen and oxygen atoms in total. The summed E-state index contributed by atoms with van der Waals surface area (Å²) < 4.78 is 11.2. The molecule has 1 atom stereocenters. The second-order valence-electron chi connectivity index (χ2n) is 8.31. The van der Waals surface area contributed by atoms with Crippen LogP contribution >= 0.6 is 0 Å². The lowest BCUT2D eigenvalue weighted by Crippen LogP contribution is -2.31. The Labute approximate surface area is 172 Å². The van der Waals surface area contributed by atoms with Crippen LogP contribution in [0, 0.1) is 11.8 Å². The number of hydrogen-bond donors (Lipinski definition) is 1. The molecule has 0 saturated carbocycles. The standard InChI is InChI=1S/C23H29N3O3/c1-16(2)14-26-8-7-17(15-26)12-25-23(27)19-3-5-20(24-13-19)18-4-6-21-22(11-18)29-10-9-28-21/h3-6,11,13,16-17H,7-10,12,14-15H2,1-2H3,(H,25,27)/t17-/m0/s1. The van der Waals surface area contributed by atoms with Crippen LogP contribution in [0.3, 0.4) is 0 Å². The first kappa shape index (κ1) is 19.7. The van der Waals surface area contributed by atoms with E-state index in [0.717, 1.165) is 55.4 Å². The number of amides is 1. The highest BCUT2D eigenvalue weighted by Gasteiger charge is 2.23. The lowest BCUT2D eigenvalue weighted by atomic mass is 10.1. The number of rotatable bonds is 6. The van der Waals surface area contributed by atoms with E-state index in [-0.39, 0.29) is 5.91 Å². The van der Waals surface area contributed by atoms with E-state index >= 15 is 0 Å². The Morgan fingerprint density at radius 3 is 2.79 bits per heavy atom. The summed E-state index contributed by atoms with van der Waals surface area (Å²) in [5.74, 6) is 2.65. The fraction of sp³-hybridized carbons (Fsp3) is 0.478. The van der Waals surface area contributed by atoms with Crippen LogP contribution in [0.5, 0.6) is 11.5 Å². The Morgan fingerprint density at radius 1 is 1.21 bits per heavy atom. The molecule has 154 valence electrons. The average molecular weight is 396 g/mol. The van der Waals surface area contributed by atoms with Crippen molar-refractivity contribution in [2.24, 2.45) is 11.8 Å². The van der Waals surface area contributed by atoms with Gasteiger partial charge in [-0.25, -0.2) is 0 Å². The van der Waals surface area contributed by atoms with Gasteiger partial charge in [0.1, 0.15) is 13.2 Å². The molecule has 6 heteroatoms.